The molecule has 0 heterocycles. The maximum Gasteiger partial charge on any atom is 0.119 e. The van der Waals surface area contributed by atoms with Gasteiger partial charge in [0.1, 0.15) is 5.75 Å². The van der Waals surface area contributed by atoms with Gasteiger partial charge in [-0.1, -0.05) is 19.9 Å². The molecule has 2 heteroatoms. The van der Waals surface area contributed by atoms with Gasteiger partial charge in [-0.05, 0) is 48.9 Å². The van der Waals surface area contributed by atoms with Crippen LogP contribution >= 0.6 is 0 Å². The molecule has 0 aliphatic heterocycles. The highest BCUT2D eigenvalue weighted by Crippen LogP contribution is 2.27. The first-order valence-electron chi connectivity index (χ1n) is 5.49. The average Bonchev–Trinajstić information content (AvgIpc) is 2.08. The van der Waals surface area contributed by atoms with Gasteiger partial charge in [0, 0.05) is 6.04 Å². The smallest absolute Gasteiger partial charge is 0.119 e. The Labute approximate surface area is 92.1 Å². The molecule has 0 radical (unpaired) electrons. The van der Waals surface area contributed by atoms with E-state index in [1.54, 1.807) is 0 Å². The lowest BCUT2D eigenvalue weighted by molar-refractivity contribution is 0.464. The first-order chi connectivity index (χ1) is 6.91. The van der Waals surface area contributed by atoms with Gasteiger partial charge < -0.3 is 10.8 Å². The Hall–Kier alpha value is -1.02. The van der Waals surface area contributed by atoms with Crippen molar-refractivity contribution in [1.82, 2.24) is 0 Å². The van der Waals surface area contributed by atoms with Gasteiger partial charge in [0.15, 0.2) is 0 Å². The van der Waals surface area contributed by atoms with Gasteiger partial charge in [-0.2, -0.15) is 0 Å². The van der Waals surface area contributed by atoms with Gasteiger partial charge in [-0.15, -0.1) is 0 Å². The number of hydrogen-bond donors (Lipinski definition) is 2. The highest BCUT2D eigenvalue weighted by atomic mass is 16.3. The fourth-order valence-electron chi connectivity index (χ4n) is 1.89. The fourth-order valence-corrected chi connectivity index (χ4v) is 1.89. The minimum absolute atomic E-state index is 0.0821. The minimum atomic E-state index is 0.0821. The van der Waals surface area contributed by atoms with Crippen LogP contribution in [0.15, 0.2) is 12.1 Å². The van der Waals surface area contributed by atoms with Crippen molar-refractivity contribution in [3.05, 3.63) is 28.8 Å². The normalized spacial score (nSPS) is 13.2. The number of aromatic hydroxyl groups is 1. The van der Waals surface area contributed by atoms with Crippen LogP contribution < -0.4 is 5.73 Å². The standard InChI is InChI=1S/C13H21NO/c1-8(2)12-7-11(6-10(4)14)13(15)5-9(12)3/h5,7-8,10,15H,6,14H2,1-4H3. The largest absolute Gasteiger partial charge is 0.508 e. The van der Waals surface area contributed by atoms with Crippen LogP contribution in [-0.2, 0) is 6.42 Å². The van der Waals surface area contributed by atoms with E-state index in [1.165, 1.54) is 5.56 Å². The Morgan fingerprint density at radius 1 is 1.27 bits per heavy atom. The molecule has 0 saturated heterocycles. The lowest BCUT2D eigenvalue weighted by atomic mass is 9.93. The molecule has 15 heavy (non-hydrogen) atoms. The summed E-state index contributed by atoms with van der Waals surface area (Å²) in [5.74, 6) is 0.853. The summed E-state index contributed by atoms with van der Waals surface area (Å²) >= 11 is 0. The second kappa shape index (κ2) is 4.67. The third-order valence-corrected chi connectivity index (χ3v) is 2.63. The van der Waals surface area contributed by atoms with E-state index in [9.17, 15) is 5.11 Å². The van der Waals surface area contributed by atoms with Crippen LogP contribution in [0.2, 0.25) is 0 Å². The van der Waals surface area contributed by atoms with E-state index >= 15 is 0 Å². The zero-order valence-electron chi connectivity index (χ0n) is 10.0. The summed E-state index contributed by atoms with van der Waals surface area (Å²) in [6.45, 7) is 8.31. The van der Waals surface area contributed by atoms with Crippen LogP contribution in [-0.4, -0.2) is 11.1 Å². The maximum absolute atomic E-state index is 9.79. The van der Waals surface area contributed by atoms with E-state index in [0.717, 1.165) is 17.5 Å². The molecule has 1 aromatic rings. The highest BCUT2D eigenvalue weighted by molar-refractivity contribution is 5.43. The monoisotopic (exact) mass is 207 g/mol. The van der Waals surface area contributed by atoms with Crippen LogP contribution in [0.25, 0.3) is 0 Å². The molecule has 0 saturated carbocycles. The number of benzene rings is 1. The second-order valence-electron chi connectivity index (χ2n) is 4.67. The SMILES string of the molecule is Cc1cc(O)c(CC(C)N)cc1C(C)C. The molecule has 0 aliphatic carbocycles. The Kier molecular flexibility index (Phi) is 3.75. The number of hydrogen-bond acceptors (Lipinski definition) is 2. The van der Waals surface area contributed by atoms with Crippen molar-refractivity contribution in [2.24, 2.45) is 5.73 Å². The van der Waals surface area contributed by atoms with E-state index < -0.39 is 0 Å². The Bertz CT molecular complexity index is 343. The van der Waals surface area contributed by atoms with Crippen molar-refractivity contribution in [3.63, 3.8) is 0 Å². The quantitative estimate of drug-likeness (QED) is 0.800. The predicted molar refractivity (Wildman–Crippen MR) is 64.3 cm³/mol. The van der Waals surface area contributed by atoms with Crippen LogP contribution in [0.3, 0.4) is 0 Å². The molecule has 1 atom stereocenters. The molecule has 0 aliphatic rings. The van der Waals surface area contributed by atoms with Crippen molar-refractivity contribution in [1.29, 1.82) is 0 Å². The molecule has 84 valence electrons. The van der Waals surface area contributed by atoms with Gasteiger partial charge in [0.2, 0.25) is 0 Å². The molecule has 0 bridgehead atoms. The number of phenolic OH excluding ortho intramolecular Hbond substituents is 1. The molecule has 0 amide bonds. The highest BCUT2D eigenvalue weighted by Gasteiger charge is 2.10. The zero-order valence-corrected chi connectivity index (χ0v) is 10.0. The van der Waals surface area contributed by atoms with Crippen molar-refractivity contribution < 1.29 is 5.11 Å². The van der Waals surface area contributed by atoms with Crippen molar-refractivity contribution >= 4 is 0 Å². The molecule has 0 aromatic heterocycles. The third-order valence-electron chi connectivity index (χ3n) is 2.63. The van der Waals surface area contributed by atoms with Gasteiger partial charge >= 0.3 is 0 Å². The van der Waals surface area contributed by atoms with Crippen LogP contribution in [0.1, 0.15) is 43.4 Å². The molecule has 1 aromatic carbocycles. The maximum atomic E-state index is 9.79. The van der Waals surface area contributed by atoms with E-state index in [2.05, 4.69) is 19.9 Å². The number of rotatable bonds is 3. The summed E-state index contributed by atoms with van der Waals surface area (Å²) < 4.78 is 0. The van der Waals surface area contributed by atoms with Gasteiger partial charge in [0.25, 0.3) is 0 Å². The first-order valence-corrected chi connectivity index (χ1v) is 5.49. The Morgan fingerprint density at radius 3 is 2.33 bits per heavy atom. The van der Waals surface area contributed by atoms with Crippen molar-refractivity contribution in [2.75, 3.05) is 0 Å². The minimum Gasteiger partial charge on any atom is -0.508 e. The summed E-state index contributed by atoms with van der Waals surface area (Å²) in [7, 11) is 0. The molecular weight excluding hydrogens is 186 g/mol. The lowest BCUT2D eigenvalue weighted by Crippen LogP contribution is -2.18. The Morgan fingerprint density at radius 2 is 1.87 bits per heavy atom. The summed E-state index contributed by atoms with van der Waals surface area (Å²) in [6.07, 6.45) is 0.728. The average molecular weight is 207 g/mol. The van der Waals surface area contributed by atoms with Gasteiger partial charge in [0.05, 0.1) is 0 Å². The van der Waals surface area contributed by atoms with Crippen molar-refractivity contribution in [3.8, 4) is 5.75 Å². The van der Waals surface area contributed by atoms with E-state index in [-0.39, 0.29) is 6.04 Å². The molecule has 1 unspecified atom stereocenters. The van der Waals surface area contributed by atoms with Gasteiger partial charge in [-0.25, -0.2) is 0 Å². The summed E-state index contributed by atoms with van der Waals surface area (Å²) in [5.41, 5.74) is 9.15. The second-order valence-corrected chi connectivity index (χ2v) is 4.67. The summed E-state index contributed by atoms with van der Waals surface area (Å²) in [6, 6.07) is 4.00. The number of aryl methyl sites for hydroxylation is 1. The molecule has 2 nitrogen and oxygen atoms in total. The molecule has 1 rings (SSSR count). The first kappa shape index (κ1) is 12.1. The Balaban J connectivity index is 3.11. The molecule has 0 fully saturated rings. The fraction of sp³-hybridized carbons (Fsp3) is 0.538. The van der Waals surface area contributed by atoms with E-state index in [4.69, 9.17) is 5.73 Å². The molecule has 0 spiro atoms. The summed E-state index contributed by atoms with van der Waals surface area (Å²) in [5, 5.41) is 9.79. The van der Waals surface area contributed by atoms with Crippen LogP contribution in [0.4, 0.5) is 0 Å². The van der Waals surface area contributed by atoms with Crippen molar-refractivity contribution in [2.45, 2.75) is 46.1 Å². The van der Waals surface area contributed by atoms with E-state index in [1.807, 2.05) is 19.9 Å². The topological polar surface area (TPSA) is 46.2 Å². The zero-order chi connectivity index (χ0) is 11.6. The molecular formula is C13H21NO. The predicted octanol–water partition coefficient (Wildman–Crippen LogP) is 2.71. The van der Waals surface area contributed by atoms with Crippen LogP contribution in [0.5, 0.6) is 5.75 Å². The third kappa shape index (κ3) is 2.96. The molecule has 3 N–H and O–H groups in total. The number of nitrogens with two attached hydrogens (primary N) is 1. The van der Waals surface area contributed by atoms with Crippen LogP contribution in [0, 0.1) is 6.92 Å². The van der Waals surface area contributed by atoms with E-state index in [0.29, 0.717) is 11.7 Å². The number of phenols is 1. The summed E-state index contributed by atoms with van der Waals surface area (Å²) in [4.78, 5) is 0. The van der Waals surface area contributed by atoms with Gasteiger partial charge in [-0.3, -0.25) is 0 Å². The lowest BCUT2D eigenvalue weighted by Gasteiger charge is -2.15.